The first-order chi connectivity index (χ1) is 8.29. The van der Waals surface area contributed by atoms with Crippen LogP contribution in [-0.2, 0) is 6.54 Å². The Kier molecular flexibility index (Phi) is 4.28. The van der Waals surface area contributed by atoms with Gasteiger partial charge in [0.15, 0.2) is 0 Å². The van der Waals surface area contributed by atoms with E-state index in [1.165, 1.54) is 12.8 Å². The van der Waals surface area contributed by atoms with Crippen molar-refractivity contribution in [1.82, 2.24) is 20.4 Å². The van der Waals surface area contributed by atoms with Crippen molar-refractivity contribution in [2.75, 3.05) is 27.2 Å². The molecule has 17 heavy (non-hydrogen) atoms. The molecule has 0 atom stereocenters. The monoisotopic (exact) mass is 236 g/mol. The van der Waals surface area contributed by atoms with Crippen LogP contribution in [0.2, 0.25) is 0 Å². The number of aromatic nitrogens is 2. The molecule has 1 fully saturated rings. The highest BCUT2D eigenvalue weighted by atomic mass is 16.5. The van der Waals surface area contributed by atoms with Crippen molar-refractivity contribution in [2.24, 2.45) is 0 Å². The van der Waals surface area contributed by atoms with Crippen LogP contribution >= 0.6 is 0 Å². The van der Waals surface area contributed by atoms with Crippen molar-refractivity contribution in [2.45, 2.75) is 25.4 Å². The molecule has 0 amide bonds. The van der Waals surface area contributed by atoms with Crippen molar-refractivity contribution in [3.8, 4) is 5.88 Å². The average molecular weight is 236 g/mol. The minimum Gasteiger partial charge on any atom is -0.475 e. The van der Waals surface area contributed by atoms with Crippen molar-refractivity contribution in [3.63, 3.8) is 0 Å². The van der Waals surface area contributed by atoms with Gasteiger partial charge in [0, 0.05) is 25.2 Å². The molecule has 0 bridgehead atoms. The van der Waals surface area contributed by atoms with Gasteiger partial charge in [0.05, 0.1) is 5.69 Å². The smallest absolute Gasteiger partial charge is 0.233 e. The summed E-state index contributed by atoms with van der Waals surface area (Å²) >= 11 is 0. The molecule has 1 aliphatic rings. The zero-order valence-corrected chi connectivity index (χ0v) is 10.5. The van der Waals surface area contributed by atoms with E-state index in [4.69, 9.17) is 4.74 Å². The third-order valence-corrected chi connectivity index (χ3v) is 2.92. The van der Waals surface area contributed by atoms with E-state index in [0.29, 0.717) is 12.5 Å². The van der Waals surface area contributed by atoms with Crippen LogP contribution in [-0.4, -0.2) is 48.4 Å². The van der Waals surface area contributed by atoms with Gasteiger partial charge in [-0.05, 0) is 33.0 Å². The van der Waals surface area contributed by atoms with Crippen LogP contribution < -0.4 is 10.1 Å². The van der Waals surface area contributed by atoms with Crippen molar-refractivity contribution in [3.05, 3.63) is 17.8 Å². The van der Waals surface area contributed by atoms with Crippen LogP contribution in [0.1, 0.15) is 18.5 Å². The molecule has 0 aliphatic heterocycles. The highest BCUT2D eigenvalue weighted by Crippen LogP contribution is 2.24. The highest BCUT2D eigenvalue weighted by molar-refractivity contribution is 5.11. The zero-order valence-electron chi connectivity index (χ0n) is 10.5. The molecule has 0 aromatic carbocycles. The van der Waals surface area contributed by atoms with E-state index in [1.54, 1.807) is 0 Å². The summed E-state index contributed by atoms with van der Waals surface area (Å²) in [5.41, 5.74) is 0.926. The lowest BCUT2D eigenvalue weighted by atomic mass is 10.4. The molecule has 1 aliphatic carbocycles. The molecule has 5 heteroatoms. The minimum atomic E-state index is 0.606. The number of nitrogens with zero attached hydrogens (tertiary/aromatic N) is 3. The summed E-state index contributed by atoms with van der Waals surface area (Å²) in [5, 5.41) is 11.1. The molecule has 1 saturated carbocycles. The fraction of sp³-hybridized carbons (Fsp3) is 0.667. The van der Waals surface area contributed by atoms with Gasteiger partial charge < -0.3 is 15.0 Å². The van der Waals surface area contributed by atoms with Crippen molar-refractivity contribution >= 4 is 0 Å². The standard InChI is InChI=1S/C12H20N4O/c1-13-9-10-3-6-12(15-14-10)17-8-7-16(2)11-4-5-11/h3,6,11,13H,4-5,7-9H2,1-2H3. The molecule has 5 nitrogen and oxygen atoms in total. The molecule has 0 radical (unpaired) electrons. The van der Waals surface area contributed by atoms with E-state index in [0.717, 1.165) is 24.8 Å². The van der Waals surface area contributed by atoms with E-state index < -0.39 is 0 Å². The van der Waals surface area contributed by atoms with Crippen LogP contribution in [0.3, 0.4) is 0 Å². The van der Waals surface area contributed by atoms with Gasteiger partial charge in [-0.15, -0.1) is 5.10 Å². The topological polar surface area (TPSA) is 50.3 Å². The van der Waals surface area contributed by atoms with E-state index in [9.17, 15) is 0 Å². The first-order valence-electron chi connectivity index (χ1n) is 6.10. The van der Waals surface area contributed by atoms with Gasteiger partial charge in [-0.25, -0.2) is 0 Å². The molecule has 1 N–H and O–H groups in total. The Hall–Kier alpha value is -1.20. The molecule has 1 aromatic rings. The first-order valence-corrected chi connectivity index (χ1v) is 6.10. The summed E-state index contributed by atoms with van der Waals surface area (Å²) in [7, 11) is 4.03. The van der Waals surface area contributed by atoms with Crippen LogP contribution in [0.15, 0.2) is 12.1 Å². The number of ether oxygens (including phenoxy) is 1. The molecule has 1 aromatic heterocycles. The molecule has 0 spiro atoms. The molecule has 2 rings (SSSR count). The maximum Gasteiger partial charge on any atom is 0.233 e. The Morgan fingerprint density at radius 2 is 2.24 bits per heavy atom. The second kappa shape index (κ2) is 5.93. The van der Waals surface area contributed by atoms with Crippen LogP contribution in [0.4, 0.5) is 0 Å². The van der Waals surface area contributed by atoms with E-state index in [2.05, 4.69) is 27.5 Å². The van der Waals surface area contributed by atoms with E-state index in [-0.39, 0.29) is 0 Å². The van der Waals surface area contributed by atoms with Crippen LogP contribution in [0, 0.1) is 0 Å². The van der Waals surface area contributed by atoms with E-state index in [1.807, 2.05) is 19.2 Å². The largest absolute Gasteiger partial charge is 0.475 e. The number of hydrogen-bond donors (Lipinski definition) is 1. The Labute approximate surface area is 102 Å². The zero-order chi connectivity index (χ0) is 12.1. The van der Waals surface area contributed by atoms with Gasteiger partial charge in [-0.2, -0.15) is 5.10 Å². The molecular weight excluding hydrogens is 216 g/mol. The molecular formula is C12H20N4O. The molecule has 1 heterocycles. The third kappa shape index (κ3) is 3.94. The van der Waals surface area contributed by atoms with Crippen molar-refractivity contribution in [1.29, 1.82) is 0 Å². The number of hydrogen-bond acceptors (Lipinski definition) is 5. The van der Waals surface area contributed by atoms with Gasteiger partial charge in [0.1, 0.15) is 6.61 Å². The van der Waals surface area contributed by atoms with Crippen molar-refractivity contribution < 1.29 is 4.74 Å². The van der Waals surface area contributed by atoms with Crippen LogP contribution in [0.5, 0.6) is 5.88 Å². The summed E-state index contributed by atoms with van der Waals surface area (Å²) in [6, 6.07) is 4.59. The Balaban J connectivity index is 1.70. The molecule has 0 saturated heterocycles. The summed E-state index contributed by atoms with van der Waals surface area (Å²) in [5.74, 6) is 0.606. The third-order valence-electron chi connectivity index (χ3n) is 2.92. The summed E-state index contributed by atoms with van der Waals surface area (Å²) < 4.78 is 5.55. The molecule has 94 valence electrons. The Bertz CT molecular complexity index is 337. The fourth-order valence-corrected chi connectivity index (χ4v) is 1.69. The quantitative estimate of drug-likeness (QED) is 0.754. The number of nitrogens with one attached hydrogen (secondary N) is 1. The number of likely N-dealkylation sites (N-methyl/N-ethyl adjacent to an activating group) is 1. The predicted octanol–water partition coefficient (Wildman–Crippen LogP) is 0.669. The maximum atomic E-state index is 5.55. The Morgan fingerprint density at radius 1 is 1.41 bits per heavy atom. The SMILES string of the molecule is CNCc1ccc(OCCN(C)C2CC2)nn1. The van der Waals surface area contributed by atoms with E-state index >= 15 is 0 Å². The normalized spacial score (nSPS) is 15.2. The second-order valence-corrected chi connectivity index (χ2v) is 4.45. The van der Waals surface area contributed by atoms with Gasteiger partial charge in [-0.3, -0.25) is 0 Å². The van der Waals surface area contributed by atoms with Crippen LogP contribution in [0.25, 0.3) is 0 Å². The fourth-order valence-electron chi connectivity index (χ4n) is 1.69. The predicted molar refractivity (Wildman–Crippen MR) is 65.9 cm³/mol. The lowest BCUT2D eigenvalue weighted by Crippen LogP contribution is -2.26. The summed E-state index contributed by atoms with van der Waals surface area (Å²) in [4.78, 5) is 2.34. The lowest BCUT2D eigenvalue weighted by Gasteiger charge is -2.15. The summed E-state index contributed by atoms with van der Waals surface area (Å²) in [6.45, 7) is 2.36. The number of rotatable bonds is 7. The van der Waals surface area contributed by atoms with Gasteiger partial charge in [-0.1, -0.05) is 0 Å². The van der Waals surface area contributed by atoms with Gasteiger partial charge in [0.2, 0.25) is 5.88 Å². The molecule has 0 unspecified atom stereocenters. The Morgan fingerprint density at radius 3 is 2.82 bits per heavy atom. The van der Waals surface area contributed by atoms with Gasteiger partial charge in [0.25, 0.3) is 0 Å². The minimum absolute atomic E-state index is 0.606. The lowest BCUT2D eigenvalue weighted by molar-refractivity contribution is 0.225. The summed E-state index contributed by atoms with van der Waals surface area (Å²) in [6.07, 6.45) is 2.66. The second-order valence-electron chi connectivity index (χ2n) is 4.45. The highest BCUT2D eigenvalue weighted by Gasteiger charge is 2.25. The maximum absolute atomic E-state index is 5.55. The van der Waals surface area contributed by atoms with Gasteiger partial charge >= 0.3 is 0 Å². The first kappa shape index (κ1) is 12.3. The average Bonchev–Trinajstić information content (AvgIpc) is 3.15.